The van der Waals surface area contributed by atoms with E-state index in [4.69, 9.17) is 11.6 Å². The highest BCUT2D eigenvalue weighted by Gasteiger charge is 2.16. The SMILES string of the molecule is CN(CCCN=C(N)NN)C1CCCCC1. The second-order valence-corrected chi connectivity index (χ2v) is 4.54. The number of nitrogens with two attached hydrogens (primary N) is 2. The number of guanidine groups is 1. The van der Waals surface area contributed by atoms with Crippen LogP contribution in [0, 0.1) is 0 Å². The Morgan fingerprint density at radius 3 is 2.69 bits per heavy atom. The maximum Gasteiger partial charge on any atom is 0.203 e. The van der Waals surface area contributed by atoms with Crippen LogP contribution in [0.4, 0.5) is 0 Å². The van der Waals surface area contributed by atoms with Crippen LogP contribution in [0.1, 0.15) is 38.5 Å². The Bertz CT molecular complexity index is 210. The maximum atomic E-state index is 5.43. The fourth-order valence-corrected chi connectivity index (χ4v) is 2.27. The van der Waals surface area contributed by atoms with Crippen molar-refractivity contribution in [2.75, 3.05) is 20.1 Å². The molecule has 16 heavy (non-hydrogen) atoms. The van der Waals surface area contributed by atoms with Gasteiger partial charge in [0.05, 0.1) is 0 Å². The molecule has 5 heteroatoms. The zero-order valence-corrected chi connectivity index (χ0v) is 10.3. The standard InChI is InChI=1S/C11H25N5/c1-16(10-6-3-2-4-7-10)9-5-8-14-11(12)15-13/h10H,2-9,13H2,1H3,(H3,12,14,15). The van der Waals surface area contributed by atoms with E-state index in [1.165, 1.54) is 32.1 Å². The number of hydrogen-bond donors (Lipinski definition) is 3. The maximum absolute atomic E-state index is 5.43. The summed E-state index contributed by atoms with van der Waals surface area (Å²) >= 11 is 0. The van der Waals surface area contributed by atoms with Crippen molar-refractivity contribution >= 4 is 5.96 Å². The van der Waals surface area contributed by atoms with Crippen LogP contribution in [0.15, 0.2) is 4.99 Å². The van der Waals surface area contributed by atoms with Gasteiger partial charge in [-0.3, -0.25) is 10.4 Å². The molecule has 1 aliphatic carbocycles. The van der Waals surface area contributed by atoms with Crippen LogP contribution in [0.5, 0.6) is 0 Å². The summed E-state index contributed by atoms with van der Waals surface area (Å²) in [6.07, 6.45) is 7.93. The Hall–Kier alpha value is -0.810. The van der Waals surface area contributed by atoms with Crippen LogP contribution < -0.4 is 17.0 Å². The minimum Gasteiger partial charge on any atom is -0.369 e. The van der Waals surface area contributed by atoms with Crippen LogP contribution in [-0.2, 0) is 0 Å². The van der Waals surface area contributed by atoms with Gasteiger partial charge in [0.15, 0.2) is 0 Å². The second kappa shape index (κ2) is 7.46. The first-order valence-corrected chi connectivity index (χ1v) is 6.21. The number of hydrazine groups is 1. The predicted molar refractivity (Wildman–Crippen MR) is 67.9 cm³/mol. The van der Waals surface area contributed by atoms with E-state index in [1.807, 2.05) is 0 Å². The Balaban J connectivity index is 2.11. The molecule has 5 N–H and O–H groups in total. The molecule has 0 aromatic rings. The fraction of sp³-hybridized carbons (Fsp3) is 0.909. The summed E-state index contributed by atoms with van der Waals surface area (Å²) in [7, 11) is 2.21. The Kier molecular flexibility index (Phi) is 6.18. The largest absolute Gasteiger partial charge is 0.369 e. The van der Waals surface area contributed by atoms with Crippen molar-refractivity contribution in [1.82, 2.24) is 10.3 Å². The van der Waals surface area contributed by atoms with Gasteiger partial charge in [0.2, 0.25) is 5.96 Å². The lowest BCUT2D eigenvalue weighted by Gasteiger charge is -2.30. The highest BCUT2D eigenvalue weighted by Crippen LogP contribution is 2.21. The molecule has 0 radical (unpaired) electrons. The van der Waals surface area contributed by atoms with Crippen molar-refractivity contribution in [2.45, 2.75) is 44.6 Å². The third-order valence-corrected chi connectivity index (χ3v) is 3.30. The van der Waals surface area contributed by atoms with Gasteiger partial charge in [0.1, 0.15) is 0 Å². The minimum atomic E-state index is 0.320. The van der Waals surface area contributed by atoms with Crippen molar-refractivity contribution in [3.05, 3.63) is 0 Å². The van der Waals surface area contributed by atoms with Gasteiger partial charge in [-0.1, -0.05) is 19.3 Å². The Morgan fingerprint density at radius 1 is 1.38 bits per heavy atom. The molecule has 0 heterocycles. The van der Waals surface area contributed by atoms with E-state index in [0.29, 0.717) is 5.96 Å². The van der Waals surface area contributed by atoms with Crippen molar-refractivity contribution < 1.29 is 0 Å². The third-order valence-electron chi connectivity index (χ3n) is 3.30. The topological polar surface area (TPSA) is 79.7 Å². The van der Waals surface area contributed by atoms with Gasteiger partial charge in [0.25, 0.3) is 0 Å². The number of aliphatic imine (C=N–C) groups is 1. The third kappa shape index (κ3) is 4.81. The molecule has 0 aromatic carbocycles. The fourth-order valence-electron chi connectivity index (χ4n) is 2.27. The van der Waals surface area contributed by atoms with Gasteiger partial charge in [0, 0.05) is 12.6 Å². The first-order chi connectivity index (χ1) is 7.74. The first kappa shape index (κ1) is 13.3. The van der Waals surface area contributed by atoms with E-state index in [0.717, 1.165) is 25.6 Å². The van der Waals surface area contributed by atoms with Crippen LogP contribution in [0.3, 0.4) is 0 Å². The van der Waals surface area contributed by atoms with Crippen molar-refractivity contribution in [3.8, 4) is 0 Å². The number of nitrogens with one attached hydrogen (secondary N) is 1. The van der Waals surface area contributed by atoms with Gasteiger partial charge < -0.3 is 10.6 Å². The van der Waals surface area contributed by atoms with Gasteiger partial charge in [-0.2, -0.15) is 0 Å². The predicted octanol–water partition coefficient (Wildman–Crippen LogP) is 0.419. The molecule has 1 rings (SSSR count). The van der Waals surface area contributed by atoms with Gasteiger partial charge in [-0.05, 0) is 32.9 Å². The van der Waals surface area contributed by atoms with Crippen LogP contribution >= 0.6 is 0 Å². The van der Waals surface area contributed by atoms with Crippen molar-refractivity contribution in [2.24, 2.45) is 16.6 Å². The van der Waals surface area contributed by atoms with Gasteiger partial charge in [-0.15, -0.1) is 0 Å². The Labute approximate surface area is 98.2 Å². The number of hydrogen-bond acceptors (Lipinski definition) is 3. The van der Waals surface area contributed by atoms with Gasteiger partial charge >= 0.3 is 0 Å². The molecule has 0 spiro atoms. The lowest BCUT2D eigenvalue weighted by atomic mass is 9.94. The second-order valence-electron chi connectivity index (χ2n) is 4.54. The van der Waals surface area contributed by atoms with Crippen LogP contribution in [0.2, 0.25) is 0 Å². The van der Waals surface area contributed by atoms with E-state index in [1.54, 1.807) is 0 Å². The van der Waals surface area contributed by atoms with E-state index >= 15 is 0 Å². The van der Waals surface area contributed by atoms with Crippen LogP contribution in [-0.4, -0.2) is 37.0 Å². The summed E-state index contributed by atoms with van der Waals surface area (Å²) in [4.78, 5) is 6.55. The molecular weight excluding hydrogens is 202 g/mol. The zero-order chi connectivity index (χ0) is 11.8. The molecule has 0 aromatic heterocycles. The zero-order valence-electron chi connectivity index (χ0n) is 10.3. The molecule has 0 aliphatic heterocycles. The number of rotatable bonds is 5. The summed E-state index contributed by atoms with van der Waals surface area (Å²) in [5.41, 5.74) is 7.76. The highest BCUT2D eigenvalue weighted by molar-refractivity contribution is 5.76. The highest BCUT2D eigenvalue weighted by atomic mass is 15.3. The summed E-state index contributed by atoms with van der Waals surface area (Å²) in [6, 6.07) is 0.780. The van der Waals surface area contributed by atoms with E-state index < -0.39 is 0 Å². The molecule has 0 unspecified atom stereocenters. The first-order valence-electron chi connectivity index (χ1n) is 6.21. The Morgan fingerprint density at radius 2 is 2.06 bits per heavy atom. The summed E-state index contributed by atoms with van der Waals surface area (Å²) in [6.45, 7) is 1.83. The summed E-state index contributed by atoms with van der Waals surface area (Å²) in [5.74, 6) is 5.43. The molecule has 1 aliphatic rings. The molecule has 1 saturated carbocycles. The molecule has 94 valence electrons. The van der Waals surface area contributed by atoms with E-state index in [2.05, 4.69) is 22.4 Å². The normalized spacial score (nSPS) is 19.1. The van der Waals surface area contributed by atoms with E-state index in [-0.39, 0.29) is 0 Å². The summed E-state index contributed by atoms with van der Waals surface area (Å²) < 4.78 is 0. The molecule has 1 fully saturated rings. The molecule has 5 nitrogen and oxygen atoms in total. The average molecular weight is 227 g/mol. The smallest absolute Gasteiger partial charge is 0.203 e. The van der Waals surface area contributed by atoms with Crippen molar-refractivity contribution in [1.29, 1.82) is 0 Å². The molecular formula is C11H25N5. The molecule has 0 bridgehead atoms. The molecule has 0 amide bonds. The van der Waals surface area contributed by atoms with Crippen LogP contribution in [0.25, 0.3) is 0 Å². The monoisotopic (exact) mass is 227 g/mol. The lowest BCUT2D eigenvalue weighted by molar-refractivity contribution is 0.191. The molecule has 0 atom stereocenters. The average Bonchev–Trinajstić information content (AvgIpc) is 2.35. The minimum absolute atomic E-state index is 0.320. The molecule has 0 saturated heterocycles. The van der Waals surface area contributed by atoms with Crippen molar-refractivity contribution in [3.63, 3.8) is 0 Å². The van der Waals surface area contributed by atoms with E-state index in [9.17, 15) is 0 Å². The lowest BCUT2D eigenvalue weighted by Crippen LogP contribution is -2.37. The summed E-state index contributed by atoms with van der Waals surface area (Å²) in [5, 5.41) is 0. The number of nitrogens with zero attached hydrogens (tertiary/aromatic N) is 2. The quantitative estimate of drug-likeness (QED) is 0.209. The van der Waals surface area contributed by atoms with Gasteiger partial charge in [-0.25, -0.2) is 5.84 Å².